The summed E-state index contributed by atoms with van der Waals surface area (Å²) in [4.78, 5) is 16.8. The molecule has 21 heavy (non-hydrogen) atoms. The van der Waals surface area contributed by atoms with Crippen LogP contribution in [0.5, 0.6) is 0 Å². The molecule has 0 spiro atoms. The summed E-state index contributed by atoms with van der Waals surface area (Å²) in [6.07, 6.45) is 0.593. The van der Waals surface area contributed by atoms with Gasteiger partial charge in [-0.25, -0.2) is 9.37 Å². The first-order valence-corrected chi connectivity index (χ1v) is 7.04. The molecule has 0 aliphatic heterocycles. The monoisotopic (exact) mass is 329 g/mol. The second kappa shape index (κ2) is 7.49. The van der Waals surface area contributed by atoms with Gasteiger partial charge in [-0.1, -0.05) is 12.1 Å². The van der Waals surface area contributed by atoms with Crippen molar-refractivity contribution in [3.05, 3.63) is 46.2 Å². The summed E-state index contributed by atoms with van der Waals surface area (Å²) >= 11 is 1.38. The average molecular weight is 330 g/mol. The number of nitrogens with two attached hydrogens (primary N) is 1. The minimum atomic E-state index is -0.578. The lowest BCUT2D eigenvalue weighted by Gasteiger charge is -2.03. The Balaban J connectivity index is 0.00000220. The van der Waals surface area contributed by atoms with Gasteiger partial charge in [0, 0.05) is 11.3 Å². The van der Waals surface area contributed by atoms with E-state index in [1.54, 1.807) is 13.0 Å². The van der Waals surface area contributed by atoms with Crippen molar-refractivity contribution >= 4 is 34.8 Å². The fourth-order valence-corrected chi connectivity index (χ4v) is 2.70. The fourth-order valence-electron chi connectivity index (χ4n) is 1.70. The summed E-state index contributed by atoms with van der Waals surface area (Å²) in [5, 5.41) is 3.19. The topological polar surface area (TPSA) is 68.0 Å². The molecule has 0 saturated carbocycles. The molecule has 1 aromatic heterocycles. The van der Waals surface area contributed by atoms with Crippen LogP contribution in [0.4, 0.5) is 9.52 Å². The van der Waals surface area contributed by atoms with Crippen LogP contribution in [-0.4, -0.2) is 16.9 Å². The molecule has 0 aliphatic rings. The van der Waals surface area contributed by atoms with E-state index in [0.29, 0.717) is 11.6 Å². The van der Waals surface area contributed by atoms with Crippen LogP contribution in [0.1, 0.15) is 23.1 Å². The van der Waals surface area contributed by atoms with Crippen LogP contribution >= 0.6 is 23.7 Å². The number of aromatic nitrogens is 1. The highest BCUT2D eigenvalue weighted by molar-refractivity contribution is 7.15. The van der Waals surface area contributed by atoms with Crippen LogP contribution < -0.4 is 11.1 Å². The first-order valence-electron chi connectivity index (χ1n) is 6.23. The van der Waals surface area contributed by atoms with Crippen molar-refractivity contribution in [2.75, 3.05) is 5.32 Å². The number of carbonyl (C=O) groups excluding carboxylic acids is 1. The molecule has 3 N–H and O–H groups in total. The zero-order valence-corrected chi connectivity index (χ0v) is 13.4. The van der Waals surface area contributed by atoms with Crippen molar-refractivity contribution in [1.82, 2.24) is 4.98 Å². The SMILES string of the molecule is Cc1nc(NC(=O)[C@@H](C)N)sc1Cc1cccc(F)c1.Cl. The Bertz CT molecular complexity index is 630. The number of carbonyl (C=O) groups is 1. The number of nitrogens with zero attached hydrogens (tertiary/aromatic N) is 1. The second-order valence-corrected chi connectivity index (χ2v) is 5.70. The predicted octanol–water partition coefficient (Wildman–Crippen LogP) is 2.89. The van der Waals surface area contributed by atoms with Crippen molar-refractivity contribution in [2.45, 2.75) is 26.3 Å². The number of hydrogen-bond donors (Lipinski definition) is 2. The smallest absolute Gasteiger partial charge is 0.242 e. The number of aryl methyl sites for hydroxylation is 1. The maximum Gasteiger partial charge on any atom is 0.242 e. The molecule has 0 unspecified atom stereocenters. The molecule has 114 valence electrons. The van der Waals surface area contributed by atoms with Gasteiger partial charge >= 0.3 is 0 Å². The highest BCUT2D eigenvalue weighted by atomic mass is 35.5. The zero-order chi connectivity index (χ0) is 14.7. The number of benzene rings is 1. The molecule has 0 bridgehead atoms. The van der Waals surface area contributed by atoms with Gasteiger partial charge in [0.25, 0.3) is 0 Å². The lowest BCUT2D eigenvalue weighted by molar-refractivity contribution is -0.117. The Morgan fingerprint density at radius 2 is 2.24 bits per heavy atom. The van der Waals surface area contributed by atoms with Crippen molar-refractivity contribution < 1.29 is 9.18 Å². The van der Waals surface area contributed by atoms with E-state index in [2.05, 4.69) is 10.3 Å². The highest BCUT2D eigenvalue weighted by Crippen LogP contribution is 2.25. The molecule has 0 aliphatic carbocycles. The third-order valence-corrected chi connectivity index (χ3v) is 3.86. The summed E-state index contributed by atoms with van der Waals surface area (Å²) in [7, 11) is 0. The van der Waals surface area contributed by atoms with E-state index < -0.39 is 6.04 Å². The molecule has 1 aromatic carbocycles. The lowest BCUT2D eigenvalue weighted by atomic mass is 10.1. The molecule has 0 saturated heterocycles. The number of amides is 1. The lowest BCUT2D eigenvalue weighted by Crippen LogP contribution is -2.32. The van der Waals surface area contributed by atoms with Crippen LogP contribution in [-0.2, 0) is 11.2 Å². The third-order valence-electron chi connectivity index (χ3n) is 2.79. The van der Waals surface area contributed by atoms with Crippen LogP contribution in [0.3, 0.4) is 0 Å². The maximum absolute atomic E-state index is 13.2. The zero-order valence-electron chi connectivity index (χ0n) is 11.7. The molecule has 0 fully saturated rings. The summed E-state index contributed by atoms with van der Waals surface area (Å²) in [6.45, 7) is 3.48. The van der Waals surface area contributed by atoms with E-state index in [1.807, 2.05) is 13.0 Å². The molecule has 1 amide bonds. The van der Waals surface area contributed by atoms with E-state index in [0.717, 1.165) is 16.1 Å². The van der Waals surface area contributed by atoms with Crippen molar-refractivity contribution in [1.29, 1.82) is 0 Å². The van der Waals surface area contributed by atoms with Gasteiger partial charge in [0.2, 0.25) is 5.91 Å². The number of halogens is 2. The maximum atomic E-state index is 13.2. The molecule has 1 atom stereocenters. The summed E-state index contributed by atoms with van der Waals surface area (Å²) in [5.41, 5.74) is 7.20. The summed E-state index contributed by atoms with van der Waals surface area (Å²) < 4.78 is 13.2. The Kier molecular flexibility index (Phi) is 6.26. The Labute approximate surface area is 133 Å². The van der Waals surface area contributed by atoms with E-state index >= 15 is 0 Å². The van der Waals surface area contributed by atoms with E-state index in [-0.39, 0.29) is 24.1 Å². The summed E-state index contributed by atoms with van der Waals surface area (Å²) in [6, 6.07) is 5.88. The van der Waals surface area contributed by atoms with Crippen LogP contribution in [0, 0.1) is 12.7 Å². The Morgan fingerprint density at radius 3 is 2.86 bits per heavy atom. The van der Waals surface area contributed by atoms with Gasteiger partial charge in [0.1, 0.15) is 5.82 Å². The molecule has 0 radical (unpaired) electrons. The minimum absolute atomic E-state index is 0. The van der Waals surface area contributed by atoms with Gasteiger partial charge in [-0.2, -0.15) is 0 Å². The predicted molar refractivity (Wildman–Crippen MR) is 85.6 cm³/mol. The summed E-state index contributed by atoms with van der Waals surface area (Å²) in [5.74, 6) is -0.522. The largest absolute Gasteiger partial charge is 0.320 e. The number of anilines is 1. The van der Waals surface area contributed by atoms with Gasteiger partial charge in [0.15, 0.2) is 5.13 Å². The molecule has 7 heteroatoms. The van der Waals surface area contributed by atoms with Gasteiger partial charge in [0.05, 0.1) is 11.7 Å². The van der Waals surface area contributed by atoms with Crippen LogP contribution in [0.25, 0.3) is 0 Å². The van der Waals surface area contributed by atoms with Gasteiger partial charge in [-0.05, 0) is 31.5 Å². The number of rotatable bonds is 4. The molecular weight excluding hydrogens is 313 g/mol. The fraction of sp³-hybridized carbons (Fsp3) is 0.286. The number of hydrogen-bond acceptors (Lipinski definition) is 4. The molecule has 2 aromatic rings. The molecular formula is C14H17ClFN3OS. The Hall–Kier alpha value is -1.50. The Morgan fingerprint density at radius 1 is 1.52 bits per heavy atom. The molecule has 2 rings (SSSR count). The number of thiazole rings is 1. The van der Waals surface area contributed by atoms with Gasteiger partial charge in [-0.3, -0.25) is 4.79 Å². The van der Waals surface area contributed by atoms with Crippen molar-refractivity contribution in [2.24, 2.45) is 5.73 Å². The minimum Gasteiger partial charge on any atom is -0.320 e. The first-order chi connectivity index (χ1) is 9.45. The first kappa shape index (κ1) is 17.6. The van der Waals surface area contributed by atoms with Gasteiger partial charge in [-0.15, -0.1) is 23.7 Å². The molecule has 1 heterocycles. The van der Waals surface area contributed by atoms with Crippen LogP contribution in [0.2, 0.25) is 0 Å². The van der Waals surface area contributed by atoms with Crippen LogP contribution in [0.15, 0.2) is 24.3 Å². The molecule has 4 nitrogen and oxygen atoms in total. The quantitative estimate of drug-likeness (QED) is 0.906. The highest BCUT2D eigenvalue weighted by Gasteiger charge is 2.13. The van der Waals surface area contributed by atoms with E-state index in [9.17, 15) is 9.18 Å². The van der Waals surface area contributed by atoms with Gasteiger partial charge < -0.3 is 11.1 Å². The average Bonchev–Trinajstić information content (AvgIpc) is 2.69. The second-order valence-electron chi connectivity index (χ2n) is 4.61. The normalized spacial score (nSPS) is 11.6. The van der Waals surface area contributed by atoms with Crippen molar-refractivity contribution in [3.8, 4) is 0 Å². The van der Waals surface area contributed by atoms with E-state index in [4.69, 9.17) is 5.73 Å². The van der Waals surface area contributed by atoms with E-state index in [1.165, 1.54) is 23.5 Å². The standard InChI is InChI=1S/C14H16FN3OS.ClH/c1-8(16)13(19)18-14-17-9(2)12(20-14)7-10-4-3-5-11(15)6-10;/h3-6,8H,7,16H2,1-2H3,(H,17,18,19);1H/t8-;/m1./s1. The third kappa shape index (κ3) is 4.77. The van der Waals surface area contributed by atoms with Crippen molar-refractivity contribution in [3.63, 3.8) is 0 Å². The number of nitrogens with one attached hydrogen (secondary N) is 1.